The molecule has 1 heterocycles. The molecule has 0 aliphatic rings. The van der Waals surface area contributed by atoms with Crippen LogP contribution in [-0.4, -0.2) is 16.1 Å². The van der Waals surface area contributed by atoms with Crippen LogP contribution in [0.4, 0.5) is 14.5 Å². The zero-order valence-corrected chi connectivity index (χ0v) is 13.6. The van der Waals surface area contributed by atoms with Gasteiger partial charge in [-0.25, -0.2) is 8.78 Å². The quantitative estimate of drug-likeness (QED) is 0.715. The summed E-state index contributed by atoms with van der Waals surface area (Å²) >= 11 is 0. The number of aromatic nitrogens is 2. The van der Waals surface area contributed by atoms with Crippen molar-refractivity contribution in [1.29, 1.82) is 0 Å². The summed E-state index contributed by atoms with van der Waals surface area (Å²) in [6.07, 6.45) is 1.51. The topological polar surface area (TPSA) is 57.8 Å². The molecule has 0 saturated heterocycles. The van der Waals surface area contributed by atoms with E-state index >= 15 is 0 Å². The fraction of sp³-hybridized carbons (Fsp3) is 0.158. The molecular formula is C19H17F2N3O. The molecule has 1 aromatic heterocycles. The van der Waals surface area contributed by atoms with E-state index in [0.29, 0.717) is 23.4 Å². The van der Waals surface area contributed by atoms with Crippen molar-refractivity contribution in [2.75, 3.05) is 5.32 Å². The minimum atomic E-state index is -0.594. The van der Waals surface area contributed by atoms with Crippen molar-refractivity contribution >= 4 is 11.6 Å². The number of aromatic amines is 1. The van der Waals surface area contributed by atoms with E-state index in [9.17, 15) is 13.6 Å². The predicted octanol–water partition coefficient (Wildman–Crippen LogP) is 4.56. The molecule has 0 atom stereocenters. The molecule has 4 nitrogen and oxygen atoms in total. The van der Waals surface area contributed by atoms with Crippen LogP contribution in [0.15, 0.2) is 48.5 Å². The number of amides is 1. The van der Waals surface area contributed by atoms with Gasteiger partial charge >= 0.3 is 0 Å². The fourth-order valence-corrected chi connectivity index (χ4v) is 2.59. The maximum atomic E-state index is 13.9. The average Bonchev–Trinajstić information content (AvgIpc) is 2.99. The van der Waals surface area contributed by atoms with Gasteiger partial charge in [0.2, 0.25) is 0 Å². The lowest BCUT2D eigenvalue weighted by Gasteiger charge is -2.09. The lowest BCUT2D eigenvalue weighted by atomic mass is 10.1. The summed E-state index contributed by atoms with van der Waals surface area (Å²) in [7, 11) is 0. The maximum Gasteiger partial charge on any atom is 0.258 e. The molecule has 0 radical (unpaired) electrons. The summed E-state index contributed by atoms with van der Waals surface area (Å²) in [5.74, 6) is -1.51. The molecular weight excluding hydrogens is 324 g/mol. The van der Waals surface area contributed by atoms with Crippen molar-refractivity contribution in [2.24, 2.45) is 0 Å². The summed E-state index contributed by atoms with van der Waals surface area (Å²) in [4.78, 5) is 12.5. The highest BCUT2D eigenvalue weighted by Gasteiger charge is 2.19. The van der Waals surface area contributed by atoms with E-state index < -0.39 is 11.7 Å². The molecule has 2 N–H and O–H groups in total. The van der Waals surface area contributed by atoms with Crippen molar-refractivity contribution < 1.29 is 13.6 Å². The molecule has 1 amide bonds. The van der Waals surface area contributed by atoms with E-state index in [4.69, 9.17) is 0 Å². The van der Waals surface area contributed by atoms with Gasteiger partial charge < -0.3 is 5.32 Å². The molecule has 0 saturated carbocycles. The minimum absolute atomic E-state index is 0.0452. The zero-order chi connectivity index (χ0) is 17.8. The van der Waals surface area contributed by atoms with Crippen LogP contribution in [0.5, 0.6) is 0 Å². The Morgan fingerprint density at radius 1 is 1.12 bits per heavy atom. The molecule has 6 heteroatoms. The largest absolute Gasteiger partial charge is 0.318 e. The third kappa shape index (κ3) is 3.57. The Morgan fingerprint density at radius 2 is 1.84 bits per heavy atom. The summed E-state index contributed by atoms with van der Waals surface area (Å²) < 4.78 is 27.0. The molecule has 128 valence electrons. The second-order valence-corrected chi connectivity index (χ2v) is 5.62. The van der Waals surface area contributed by atoms with Crippen LogP contribution in [0.2, 0.25) is 0 Å². The van der Waals surface area contributed by atoms with Crippen LogP contribution in [-0.2, 0) is 6.42 Å². The Balaban J connectivity index is 1.98. The van der Waals surface area contributed by atoms with E-state index in [0.717, 1.165) is 12.1 Å². The number of halogens is 2. The van der Waals surface area contributed by atoms with E-state index in [1.54, 1.807) is 18.2 Å². The van der Waals surface area contributed by atoms with Crippen molar-refractivity contribution in [1.82, 2.24) is 10.2 Å². The van der Waals surface area contributed by atoms with E-state index in [2.05, 4.69) is 15.5 Å². The predicted molar refractivity (Wildman–Crippen MR) is 92.3 cm³/mol. The zero-order valence-electron chi connectivity index (χ0n) is 13.6. The SMILES string of the molecule is CCCc1[nH]nc(-c2ccc(F)cc2)c1NC(=O)c1ccccc1F. The monoisotopic (exact) mass is 341 g/mol. The number of nitrogens with zero attached hydrogens (tertiary/aromatic N) is 1. The molecule has 2 aromatic carbocycles. The smallest absolute Gasteiger partial charge is 0.258 e. The van der Waals surface area contributed by atoms with Crippen LogP contribution < -0.4 is 5.32 Å². The average molecular weight is 341 g/mol. The number of anilines is 1. The summed E-state index contributed by atoms with van der Waals surface area (Å²) in [5.41, 5.74) is 2.33. The lowest BCUT2D eigenvalue weighted by Crippen LogP contribution is -2.15. The second kappa shape index (κ2) is 7.25. The third-order valence-corrected chi connectivity index (χ3v) is 3.82. The molecule has 0 aliphatic heterocycles. The summed E-state index contributed by atoms with van der Waals surface area (Å²) in [6.45, 7) is 2.00. The van der Waals surface area contributed by atoms with Gasteiger partial charge in [-0.2, -0.15) is 5.10 Å². The van der Waals surface area contributed by atoms with Gasteiger partial charge in [0.25, 0.3) is 5.91 Å². The van der Waals surface area contributed by atoms with Gasteiger partial charge in [-0.3, -0.25) is 9.89 Å². The Bertz CT molecular complexity index is 888. The number of aryl methyl sites for hydroxylation is 1. The third-order valence-electron chi connectivity index (χ3n) is 3.82. The highest BCUT2D eigenvalue weighted by molar-refractivity contribution is 6.06. The van der Waals surface area contributed by atoms with Gasteiger partial charge in [0.1, 0.15) is 17.3 Å². The lowest BCUT2D eigenvalue weighted by molar-refractivity contribution is 0.102. The number of benzene rings is 2. The first kappa shape index (κ1) is 16.8. The molecule has 3 aromatic rings. The van der Waals surface area contributed by atoms with Crippen molar-refractivity contribution in [3.63, 3.8) is 0 Å². The molecule has 0 aliphatic carbocycles. The maximum absolute atomic E-state index is 13.9. The Hall–Kier alpha value is -3.02. The summed E-state index contributed by atoms with van der Waals surface area (Å²) in [6, 6.07) is 11.6. The van der Waals surface area contributed by atoms with Crippen molar-refractivity contribution in [3.8, 4) is 11.3 Å². The first-order chi connectivity index (χ1) is 12.1. The highest BCUT2D eigenvalue weighted by atomic mass is 19.1. The van der Waals surface area contributed by atoms with Crippen LogP contribution in [0.25, 0.3) is 11.3 Å². The standard InChI is InChI=1S/C19H17F2N3O/c1-2-5-16-18(22-19(25)14-6-3-4-7-15(14)21)17(24-23-16)12-8-10-13(20)11-9-12/h3-4,6-11H,2,5H2,1H3,(H,22,25)(H,23,24). The molecule has 0 bridgehead atoms. The van der Waals surface area contributed by atoms with Gasteiger partial charge in [-0.1, -0.05) is 25.5 Å². The molecule has 0 spiro atoms. The number of carbonyl (C=O) groups is 1. The molecule has 0 unspecified atom stereocenters. The molecule has 3 rings (SSSR count). The second-order valence-electron chi connectivity index (χ2n) is 5.62. The van der Waals surface area contributed by atoms with Gasteiger partial charge in [0.15, 0.2) is 0 Å². The van der Waals surface area contributed by atoms with Crippen LogP contribution in [0.1, 0.15) is 29.4 Å². The van der Waals surface area contributed by atoms with Gasteiger partial charge in [-0.05, 0) is 42.8 Å². The highest BCUT2D eigenvalue weighted by Crippen LogP contribution is 2.30. The van der Waals surface area contributed by atoms with Gasteiger partial charge in [0.05, 0.1) is 16.9 Å². The van der Waals surface area contributed by atoms with Crippen molar-refractivity contribution in [3.05, 3.63) is 71.4 Å². The van der Waals surface area contributed by atoms with E-state index in [1.807, 2.05) is 6.92 Å². The Kier molecular flexibility index (Phi) is 4.88. The normalized spacial score (nSPS) is 10.7. The van der Waals surface area contributed by atoms with E-state index in [1.165, 1.54) is 30.3 Å². The van der Waals surface area contributed by atoms with E-state index in [-0.39, 0.29) is 11.4 Å². The van der Waals surface area contributed by atoms with Gasteiger partial charge in [-0.15, -0.1) is 0 Å². The first-order valence-electron chi connectivity index (χ1n) is 7.99. The number of hydrogen-bond acceptors (Lipinski definition) is 2. The number of nitrogens with one attached hydrogen (secondary N) is 2. The number of H-pyrrole nitrogens is 1. The molecule has 0 fully saturated rings. The Labute approximate surface area is 143 Å². The molecule has 25 heavy (non-hydrogen) atoms. The van der Waals surface area contributed by atoms with Crippen LogP contribution >= 0.6 is 0 Å². The van der Waals surface area contributed by atoms with Crippen LogP contribution in [0, 0.1) is 11.6 Å². The Morgan fingerprint density at radius 3 is 2.52 bits per heavy atom. The number of hydrogen-bond donors (Lipinski definition) is 2. The fourth-order valence-electron chi connectivity index (χ4n) is 2.59. The summed E-state index contributed by atoms with van der Waals surface area (Å²) in [5, 5.41) is 9.90. The minimum Gasteiger partial charge on any atom is -0.318 e. The number of carbonyl (C=O) groups excluding carboxylic acids is 1. The van der Waals surface area contributed by atoms with Crippen molar-refractivity contribution in [2.45, 2.75) is 19.8 Å². The number of rotatable bonds is 5. The van der Waals surface area contributed by atoms with Gasteiger partial charge in [0, 0.05) is 5.56 Å². The first-order valence-corrected chi connectivity index (χ1v) is 7.99. The van der Waals surface area contributed by atoms with Crippen LogP contribution in [0.3, 0.4) is 0 Å².